The number of piperidine rings is 1. The first-order valence-electron chi connectivity index (χ1n) is 7.06. The predicted molar refractivity (Wildman–Crippen MR) is 73.0 cm³/mol. The molecule has 0 bridgehead atoms. The Kier molecular flexibility index (Phi) is 4.92. The highest BCUT2D eigenvalue weighted by molar-refractivity contribution is 5.92. The first-order chi connectivity index (χ1) is 9.90. The lowest BCUT2D eigenvalue weighted by molar-refractivity contribution is -0.140. The number of carbonyl (C=O) groups excluding carboxylic acids is 1. The van der Waals surface area contributed by atoms with Gasteiger partial charge in [0.2, 0.25) is 0 Å². The number of hydrogen-bond donors (Lipinski definition) is 1. The highest BCUT2D eigenvalue weighted by Gasteiger charge is 2.31. The number of alkyl halides is 3. The number of rotatable bonds is 4. The lowest BCUT2D eigenvalue weighted by atomic mass is 9.96. The minimum atomic E-state index is -4.33. The fraction of sp³-hybridized carbons (Fsp3) is 0.643. The summed E-state index contributed by atoms with van der Waals surface area (Å²) in [6.45, 7) is 0.981. The van der Waals surface area contributed by atoms with Crippen molar-refractivity contribution in [2.24, 2.45) is 5.92 Å². The molecular formula is C14H20F3N3O. The van der Waals surface area contributed by atoms with Gasteiger partial charge in [0, 0.05) is 19.3 Å². The zero-order valence-electron chi connectivity index (χ0n) is 12.0. The van der Waals surface area contributed by atoms with Gasteiger partial charge in [-0.05, 0) is 44.5 Å². The molecule has 21 heavy (non-hydrogen) atoms. The summed E-state index contributed by atoms with van der Waals surface area (Å²) in [6, 6.07) is 2.93. The molecule has 2 heterocycles. The molecule has 0 spiro atoms. The van der Waals surface area contributed by atoms with E-state index < -0.39 is 12.7 Å². The summed E-state index contributed by atoms with van der Waals surface area (Å²) in [4.78, 5) is 14.0. The van der Waals surface area contributed by atoms with Crippen molar-refractivity contribution in [3.8, 4) is 0 Å². The summed E-state index contributed by atoms with van der Waals surface area (Å²) in [7, 11) is 1.89. The lowest BCUT2D eigenvalue weighted by Gasteiger charge is -2.32. The van der Waals surface area contributed by atoms with E-state index in [1.54, 1.807) is 4.90 Å². The molecule has 2 rings (SSSR count). The van der Waals surface area contributed by atoms with Crippen molar-refractivity contribution in [2.75, 3.05) is 26.7 Å². The molecule has 0 radical (unpaired) electrons. The van der Waals surface area contributed by atoms with E-state index in [-0.39, 0.29) is 11.6 Å². The Morgan fingerprint density at radius 1 is 1.38 bits per heavy atom. The van der Waals surface area contributed by atoms with Crippen molar-refractivity contribution in [1.29, 1.82) is 0 Å². The van der Waals surface area contributed by atoms with Gasteiger partial charge in [0.15, 0.2) is 0 Å². The van der Waals surface area contributed by atoms with Gasteiger partial charge >= 0.3 is 6.18 Å². The molecule has 1 aliphatic heterocycles. The highest BCUT2D eigenvalue weighted by Crippen LogP contribution is 2.22. The number of nitrogens with zero attached hydrogens (tertiary/aromatic N) is 2. The van der Waals surface area contributed by atoms with Gasteiger partial charge in [0.25, 0.3) is 5.91 Å². The van der Waals surface area contributed by atoms with Gasteiger partial charge < -0.3 is 14.8 Å². The Hall–Kier alpha value is -1.50. The van der Waals surface area contributed by atoms with E-state index in [1.807, 2.05) is 7.05 Å². The van der Waals surface area contributed by atoms with Crippen LogP contribution in [0, 0.1) is 5.92 Å². The molecule has 1 aliphatic rings. The van der Waals surface area contributed by atoms with Crippen LogP contribution in [0.2, 0.25) is 0 Å². The van der Waals surface area contributed by atoms with E-state index in [2.05, 4.69) is 5.32 Å². The zero-order chi connectivity index (χ0) is 15.5. The second-order valence-corrected chi connectivity index (χ2v) is 5.43. The predicted octanol–water partition coefficient (Wildman–Crippen LogP) is 2.12. The molecule has 1 N–H and O–H groups in total. The number of halogens is 3. The van der Waals surface area contributed by atoms with Gasteiger partial charge in [0.1, 0.15) is 12.2 Å². The maximum atomic E-state index is 12.5. The van der Waals surface area contributed by atoms with E-state index in [0.29, 0.717) is 19.0 Å². The quantitative estimate of drug-likeness (QED) is 0.925. The van der Waals surface area contributed by atoms with Crippen LogP contribution in [0.15, 0.2) is 18.3 Å². The molecule has 4 nitrogen and oxygen atoms in total. The molecule has 1 aromatic rings. The average Bonchev–Trinajstić information content (AvgIpc) is 2.85. The largest absolute Gasteiger partial charge is 0.406 e. The van der Waals surface area contributed by atoms with E-state index in [9.17, 15) is 18.0 Å². The van der Waals surface area contributed by atoms with Crippen molar-refractivity contribution in [3.05, 3.63) is 24.0 Å². The van der Waals surface area contributed by atoms with Crippen LogP contribution in [-0.2, 0) is 6.54 Å². The van der Waals surface area contributed by atoms with Crippen LogP contribution in [0.1, 0.15) is 23.3 Å². The van der Waals surface area contributed by atoms with Crippen LogP contribution in [0.3, 0.4) is 0 Å². The zero-order valence-corrected chi connectivity index (χ0v) is 12.0. The minimum Gasteiger partial charge on any atom is -0.337 e. The number of nitrogens with one attached hydrogen (secondary N) is 1. The van der Waals surface area contributed by atoms with Crippen LogP contribution in [0.25, 0.3) is 0 Å². The van der Waals surface area contributed by atoms with Crippen LogP contribution in [0.5, 0.6) is 0 Å². The third kappa shape index (κ3) is 4.23. The first-order valence-corrected chi connectivity index (χ1v) is 7.06. The standard InChI is InChI=1S/C14H20F3N3O/c1-18-9-11-4-7-19(8-5-11)13(21)12-3-2-6-20(12)10-14(15,16)17/h2-3,6,11,18H,4-5,7-10H2,1H3. The fourth-order valence-corrected chi connectivity index (χ4v) is 2.73. The molecule has 1 aromatic heterocycles. The summed E-state index contributed by atoms with van der Waals surface area (Å²) < 4.78 is 38.4. The topological polar surface area (TPSA) is 37.3 Å². The van der Waals surface area contributed by atoms with Crippen LogP contribution in [0.4, 0.5) is 13.2 Å². The molecular weight excluding hydrogens is 283 g/mol. The van der Waals surface area contributed by atoms with E-state index >= 15 is 0 Å². The second-order valence-electron chi connectivity index (χ2n) is 5.43. The monoisotopic (exact) mass is 303 g/mol. The second kappa shape index (κ2) is 6.51. The third-order valence-corrected chi connectivity index (χ3v) is 3.79. The molecule has 7 heteroatoms. The Bertz CT molecular complexity index is 476. The molecule has 1 fully saturated rings. The maximum Gasteiger partial charge on any atom is 0.406 e. The van der Waals surface area contributed by atoms with Crippen LogP contribution in [-0.4, -0.2) is 48.2 Å². The maximum absolute atomic E-state index is 12.5. The Morgan fingerprint density at radius 2 is 2.05 bits per heavy atom. The van der Waals surface area contributed by atoms with Crippen molar-refractivity contribution >= 4 is 5.91 Å². The molecule has 1 amide bonds. The summed E-state index contributed by atoms with van der Waals surface area (Å²) >= 11 is 0. The SMILES string of the molecule is CNCC1CCN(C(=O)c2cccn2CC(F)(F)F)CC1. The van der Waals surface area contributed by atoms with Gasteiger partial charge in [-0.3, -0.25) is 4.79 Å². The van der Waals surface area contributed by atoms with Crippen LogP contribution < -0.4 is 5.32 Å². The molecule has 0 unspecified atom stereocenters. The van der Waals surface area contributed by atoms with Crippen molar-refractivity contribution in [2.45, 2.75) is 25.6 Å². The molecule has 0 saturated carbocycles. The summed E-state index contributed by atoms with van der Waals surface area (Å²) in [5.41, 5.74) is 0.111. The molecule has 118 valence electrons. The van der Waals surface area contributed by atoms with E-state index in [0.717, 1.165) is 24.0 Å². The molecule has 0 aromatic carbocycles. The smallest absolute Gasteiger partial charge is 0.337 e. The summed E-state index contributed by atoms with van der Waals surface area (Å²) in [5, 5.41) is 3.11. The third-order valence-electron chi connectivity index (χ3n) is 3.79. The van der Waals surface area contributed by atoms with E-state index in [4.69, 9.17) is 0 Å². The minimum absolute atomic E-state index is 0.111. The average molecular weight is 303 g/mol. The van der Waals surface area contributed by atoms with Crippen LogP contribution >= 0.6 is 0 Å². The van der Waals surface area contributed by atoms with Crippen molar-refractivity contribution in [1.82, 2.24) is 14.8 Å². The van der Waals surface area contributed by atoms with Gasteiger partial charge in [-0.1, -0.05) is 0 Å². The number of carbonyl (C=O) groups is 1. The number of hydrogen-bond acceptors (Lipinski definition) is 2. The number of amides is 1. The number of likely N-dealkylation sites (tertiary alicyclic amines) is 1. The molecule has 1 saturated heterocycles. The van der Waals surface area contributed by atoms with Gasteiger partial charge in [-0.15, -0.1) is 0 Å². The van der Waals surface area contributed by atoms with Crippen molar-refractivity contribution < 1.29 is 18.0 Å². The summed E-state index contributed by atoms with van der Waals surface area (Å²) in [5.74, 6) is 0.216. The lowest BCUT2D eigenvalue weighted by Crippen LogP contribution is -2.41. The van der Waals surface area contributed by atoms with Gasteiger partial charge in [-0.2, -0.15) is 13.2 Å². The van der Waals surface area contributed by atoms with Crippen molar-refractivity contribution in [3.63, 3.8) is 0 Å². The normalized spacial score (nSPS) is 17.2. The molecule has 0 aliphatic carbocycles. The Morgan fingerprint density at radius 3 is 2.62 bits per heavy atom. The summed E-state index contributed by atoms with van der Waals surface area (Å²) in [6.07, 6.45) is -1.26. The highest BCUT2D eigenvalue weighted by atomic mass is 19.4. The Balaban J connectivity index is 2.00. The number of aromatic nitrogens is 1. The molecule has 0 atom stereocenters. The fourth-order valence-electron chi connectivity index (χ4n) is 2.73. The van der Waals surface area contributed by atoms with Gasteiger partial charge in [0.05, 0.1) is 0 Å². The van der Waals surface area contributed by atoms with Gasteiger partial charge in [-0.25, -0.2) is 0 Å². The first kappa shape index (κ1) is 15.9. The van der Waals surface area contributed by atoms with E-state index in [1.165, 1.54) is 18.3 Å². The Labute approximate surface area is 121 Å².